The lowest BCUT2D eigenvalue weighted by molar-refractivity contribution is -0.175. The topological polar surface area (TPSA) is 75.6 Å². The number of ether oxygens (including phenoxy) is 1. The molecule has 0 saturated heterocycles. The predicted molar refractivity (Wildman–Crippen MR) is 75.9 cm³/mol. The van der Waals surface area contributed by atoms with E-state index in [1.165, 1.54) is 0 Å². The number of carbonyl (C=O) groups excluding carboxylic acids is 1. The summed E-state index contributed by atoms with van der Waals surface area (Å²) in [4.78, 5) is 22.6. The van der Waals surface area contributed by atoms with Gasteiger partial charge in [-0.15, -0.1) is 0 Å². The van der Waals surface area contributed by atoms with Gasteiger partial charge in [0.25, 0.3) is 0 Å². The number of carboxylic acids is 1. The van der Waals surface area contributed by atoms with Crippen LogP contribution in [0.15, 0.2) is 24.3 Å². The quantitative estimate of drug-likeness (QED) is 0.762. The Labute approximate surface area is 131 Å². The molecule has 23 heavy (non-hydrogen) atoms. The van der Waals surface area contributed by atoms with Crippen molar-refractivity contribution < 1.29 is 32.6 Å². The van der Waals surface area contributed by atoms with Crippen molar-refractivity contribution in [2.75, 3.05) is 19.8 Å². The molecular formula is C15H18F3NO4. The Morgan fingerprint density at radius 3 is 2.52 bits per heavy atom. The normalized spacial score (nSPS) is 12.7. The number of rotatable bonds is 8. The summed E-state index contributed by atoms with van der Waals surface area (Å²) in [6, 6.07) is 7.25. The zero-order valence-corrected chi connectivity index (χ0v) is 12.5. The highest BCUT2D eigenvalue weighted by Gasteiger charge is 2.28. The smallest absolute Gasteiger partial charge is 0.411 e. The van der Waals surface area contributed by atoms with Crippen LogP contribution in [0.5, 0.6) is 0 Å². The molecule has 0 saturated carbocycles. The van der Waals surface area contributed by atoms with Crippen LogP contribution in [0.1, 0.15) is 11.1 Å². The first-order chi connectivity index (χ1) is 10.7. The first kappa shape index (κ1) is 19.0. The van der Waals surface area contributed by atoms with E-state index in [-0.39, 0.29) is 13.0 Å². The van der Waals surface area contributed by atoms with Crippen LogP contribution in [-0.4, -0.2) is 42.9 Å². The lowest BCUT2D eigenvalue weighted by atomic mass is 9.96. The van der Waals surface area contributed by atoms with E-state index in [1.54, 1.807) is 12.1 Å². The Morgan fingerprint density at radius 2 is 1.96 bits per heavy atom. The molecule has 0 aromatic heterocycles. The number of benzene rings is 1. The zero-order valence-electron chi connectivity index (χ0n) is 12.5. The first-order valence-electron chi connectivity index (χ1n) is 6.87. The number of alkyl halides is 3. The third-order valence-electron chi connectivity index (χ3n) is 3.12. The zero-order chi connectivity index (χ0) is 17.5. The van der Waals surface area contributed by atoms with Crippen molar-refractivity contribution in [3.8, 4) is 0 Å². The molecule has 0 heterocycles. The van der Waals surface area contributed by atoms with Crippen molar-refractivity contribution in [2.45, 2.75) is 19.5 Å². The summed E-state index contributed by atoms with van der Waals surface area (Å²) in [5.74, 6) is -2.75. The molecule has 0 fully saturated rings. The maximum Gasteiger partial charge on any atom is 0.411 e. The fourth-order valence-corrected chi connectivity index (χ4v) is 1.90. The van der Waals surface area contributed by atoms with Crippen molar-refractivity contribution in [2.24, 2.45) is 5.92 Å². The van der Waals surface area contributed by atoms with Crippen LogP contribution in [0, 0.1) is 12.8 Å². The number of nitrogens with one attached hydrogen (secondary N) is 1. The fraction of sp³-hybridized carbons (Fsp3) is 0.467. The molecule has 1 amide bonds. The monoisotopic (exact) mass is 333 g/mol. The molecule has 2 N–H and O–H groups in total. The summed E-state index contributed by atoms with van der Waals surface area (Å²) >= 11 is 0. The van der Waals surface area contributed by atoms with Gasteiger partial charge in [-0.25, -0.2) is 0 Å². The van der Waals surface area contributed by atoms with E-state index < -0.39 is 37.2 Å². The summed E-state index contributed by atoms with van der Waals surface area (Å²) in [5.41, 5.74) is 1.76. The molecule has 1 aromatic rings. The van der Waals surface area contributed by atoms with Gasteiger partial charge in [0.15, 0.2) is 0 Å². The molecule has 8 heteroatoms. The Morgan fingerprint density at radius 1 is 1.30 bits per heavy atom. The van der Waals surface area contributed by atoms with Gasteiger partial charge in [0, 0.05) is 6.54 Å². The Hall–Kier alpha value is -2.09. The van der Waals surface area contributed by atoms with Crippen LogP contribution in [0.25, 0.3) is 0 Å². The highest BCUT2D eigenvalue weighted by atomic mass is 19.4. The molecule has 0 bridgehead atoms. The molecule has 0 radical (unpaired) electrons. The summed E-state index contributed by atoms with van der Waals surface area (Å²) in [5, 5.41) is 11.5. The minimum Gasteiger partial charge on any atom is -0.481 e. The van der Waals surface area contributed by atoms with Gasteiger partial charge in [0.2, 0.25) is 5.91 Å². The van der Waals surface area contributed by atoms with Crippen molar-refractivity contribution in [1.29, 1.82) is 0 Å². The first-order valence-corrected chi connectivity index (χ1v) is 6.87. The Kier molecular flexibility index (Phi) is 7.02. The molecule has 0 unspecified atom stereocenters. The fourth-order valence-electron chi connectivity index (χ4n) is 1.90. The minimum absolute atomic E-state index is 0.183. The predicted octanol–water partition coefficient (Wildman–Crippen LogP) is 1.93. The van der Waals surface area contributed by atoms with Crippen LogP contribution in [-0.2, 0) is 20.7 Å². The average Bonchev–Trinajstić information content (AvgIpc) is 2.43. The minimum atomic E-state index is -4.51. The van der Waals surface area contributed by atoms with Crippen molar-refractivity contribution in [1.82, 2.24) is 5.32 Å². The number of aliphatic carboxylic acids is 1. The number of amides is 1. The van der Waals surface area contributed by atoms with Crippen LogP contribution in [0.3, 0.4) is 0 Å². The van der Waals surface area contributed by atoms with E-state index in [2.05, 4.69) is 10.1 Å². The molecule has 0 spiro atoms. The van der Waals surface area contributed by atoms with E-state index in [4.69, 9.17) is 0 Å². The van der Waals surface area contributed by atoms with Gasteiger partial charge in [-0.3, -0.25) is 9.59 Å². The molecule has 1 atom stereocenters. The van der Waals surface area contributed by atoms with Crippen LogP contribution in [0.2, 0.25) is 0 Å². The lowest BCUT2D eigenvalue weighted by Crippen LogP contribution is -2.36. The third kappa shape index (κ3) is 7.64. The Balaban J connectivity index is 2.46. The van der Waals surface area contributed by atoms with E-state index in [9.17, 15) is 27.9 Å². The number of halogens is 3. The summed E-state index contributed by atoms with van der Waals surface area (Å²) in [6.07, 6.45) is -4.29. The van der Waals surface area contributed by atoms with Crippen molar-refractivity contribution in [3.63, 3.8) is 0 Å². The van der Waals surface area contributed by atoms with Crippen LogP contribution >= 0.6 is 0 Å². The molecule has 128 valence electrons. The number of carboxylic acid groups (broad SMARTS) is 1. The Bertz CT molecular complexity index is 546. The second kappa shape index (κ2) is 8.52. The second-order valence-corrected chi connectivity index (χ2v) is 5.08. The van der Waals surface area contributed by atoms with E-state index in [0.29, 0.717) is 0 Å². The highest BCUT2D eigenvalue weighted by Crippen LogP contribution is 2.14. The maximum absolute atomic E-state index is 11.9. The van der Waals surface area contributed by atoms with Gasteiger partial charge < -0.3 is 15.2 Å². The van der Waals surface area contributed by atoms with Gasteiger partial charge >= 0.3 is 12.1 Å². The standard InChI is InChI=1S/C15H18F3NO4/c1-10-4-2-3-5-11(10)6-12(14(21)22)7-19-13(20)8-23-9-15(16,17)18/h2-5,12H,6-9H2,1H3,(H,19,20)(H,21,22)/t12-/m0/s1. The van der Waals surface area contributed by atoms with Crippen molar-refractivity contribution >= 4 is 11.9 Å². The van der Waals surface area contributed by atoms with Gasteiger partial charge in [0.05, 0.1) is 5.92 Å². The SMILES string of the molecule is Cc1ccccc1C[C@@H](CNC(=O)COCC(F)(F)F)C(=O)O. The summed E-state index contributed by atoms with van der Waals surface area (Å²) in [7, 11) is 0. The average molecular weight is 333 g/mol. The second-order valence-electron chi connectivity index (χ2n) is 5.08. The van der Waals surface area contributed by atoms with E-state index in [0.717, 1.165) is 11.1 Å². The van der Waals surface area contributed by atoms with Crippen LogP contribution < -0.4 is 5.32 Å². The number of carbonyl (C=O) groups is 2. The number of hydrogen-bond donors (Lipinski definition) is 2. The molecule has 0 aliphatic carbocycles. The number of aryl methyl sites for hydroxylation is 1. The molecule has 0 aliphatic heterocycles. The number of hydrogen-bond acceptors (Lipinski definition) is 3. The lowest BCUT2D eigenvalue weighted by Gasteiger charge is -2.15. The summed E-state index contributed by atoms with van der Waals surface area (Å²) in [6.45, 7) is -0.627. The third-order valence-corrected chi connectivity index (χ3v) is 3.12. The van der Waals surface area contributed by atoms with E-state index >= 15 is 0 Å². The van der Waals surface area contributed by atoms with Crippen LogP contribution in [0.4, 0.5) is 13.2 Å². The highest BCUT2D eigenvalue weighted by molar-refractivity contribution is 5.78. The summed E-state index contributed by atoms with van der Waals surface area (Å²) < 4.78 is 39.8. The molecule has 5 nitrogen and oxygen atoms in total. The largest absolute Gasteiger partial charge is 0.481 e. The molecule has 0 aliphatic rings. The van der Waals surface area contributed by atoms with Gasteiger partial charge in [-0.05, 0) is 24.5 Å². The molecular weight excluding hydrogens is 315 g/mol. The molecule has 1 rings (SSSR count). The van der Waals surface area contributed by atoms with Gasteiger partial charge in [-0.2, -0.15) is 13.2 Å². The van der Waals surface area contributed by atoms with Gasteiger partial charge in [0.1, 0.15) is 13.2 Å². The molecule has 1 aromatic carbocycles. The van der Waals surface area contributed by atoms with E-state index in [1.807, 2.05) is 19.1 Å². The maximum atomic E-state index is 11.9. The van der Waals surface area contributed by atoms with Gasteiger partial charge in [-0.1, -0.05) is 24.3 Å². The van der Waals surface area contributed by atoms with Crippen molar-refractivity contribution in [3.05, 3.63) is 35.4 Å².